The van der Waals surface area contributed by atoms with Gasteiger partial charge in [0.1, 0.15) is 11.3 Å². The van der Waals surface area contributed by atoms with E-state index in [1.54, 1.807) is 14.0 Å². The van der Waals surface area contributed by atoms with Crippen LogP contribution in [0.15, 0.2) is 36.4 Å². The number of fused-ring (bicyclic) bond motifs is 1. The van der Waals surface area contributed by atoms with Crippen molar-refractivity contribution in [1.29, 1.82) is 0 Å². The lowest BCUT2D eigenvalue weighted by Gasteiger charge is -2.33. The molecule has 0 radical (unpaired) electrons. The molecule has 1 heterocycles. The Hall–Kier alpha value is -2.56. The first-order valence-electron chi connectivity index (χ1n) is 8.49. The zero-order valence-corrected chi connectivity index (χ0v) is 14.8. The highest BCUT2D eigenvalue weighted by Crippen LogP contribution is 2.33. The molecule has 3 rings (SSSR count). The van der Waals surface area contributed by atoms with Gasteiger partial charge >= 0.3 is 5.97 Å². The predicted molar refractivity (Wildman–Crippen MR) is 95.9 cm³/mol. The lowest BCUT2D eigenvalue weighted by molar-refractivity contribution is -0.155. The van der Waals surface area contributed by atoms with Crippen LogP contribution in [-0.2, 0) is 9.59 Å². The fourth-order valence-corrected chi connectivity index (χ4v) is 3.55. The summed E-state index contributed by atoms with van der Waals surface area (Å²) < 4.78 is 5.23. The Kier molecular flexibility index (Phi) is 4.41. The van der Waals surface area contributed by atoms with Crippen molar-refractivity contribution < 1.29 is 19.4 Å². The molecule has 0 saturated carbocycles. The number of ether oxygens (including phenoxy) is 1. The number of benzene rings is 2. The molecule has 5 heteroatoms. The number of amides is 1. The molecule has 1 aliphatic rings. The third kappa shape index (κ3) is 2.95. The van der Waals surface area contributed by atoms with Crippen molar-refractivity contribution in [2.24, 2.45) is 0 Å². The highest BCUT2D eigenvalue weighted by atomic mass is 16.5. The first kappa shape index (κ1) is 17.3. The number of hydrogen-bond donors (Lipinski definition) is 1. The molecule has 0 bridgehead atoms. The van der Waals surface area contributed by atoms with Crippen molar-refractivity contribution in [3.63, 3.8) is 0 Å². The standard InChI is InChI=1S/C20H23NO4/c1-13(18(22)21-10-4-9-20(21,2)19(23)24)14-5-6-16-12-17(25-3)8-7-15(16)11-14/h5-8,11-13H,4,9-10H2,1-3H3,(H,23,24). The van der Waals surface area contributed by atoms with Gasteiger partial charge in [-0.05, 0) is 55.2 Å². The Morgan fingerprint density at radius 2 is 1.88 bits per heavy atom. The van der Waals surface area contributed by atoms with Crippen LogP contribution < -0.4 is 4.74 Å². The number of rotatable bonds is 4. The van der Waals surface area contributed by atoms with Crippen molar-refractivity contribution >= 4 is 22.6 Å². The number of methoxy groups -OCH3 is 1. The van der Waals surface area contributed by atoms with Crippen molar-refractivity contribution in [2.45, 2.75) is 38.1 Å². The van der Waals surface area contributed by atoms with E-state index in [1.165, 1.54) is 4.90 Å². The summed E-state index contributed by atoms with van der Waals surface area (Å²) in [5, 5.41) is 11.6. The molecule has 5 nitrogen and oxygen atoms in total. The fourth-order valence-electron chi connectivity index (χ4n) is 3.55. The Balaban J connectivity index is 1.89. The number of nitrogens with zero attached hydrogens (tertiary/aromatic N) is 1. The van der Waals surface area contributed by atoms with Crippen LogP contribution in [0.3, 0.4) is 0 Å². The minimum atomic E-state index is -1.10. The Labute approximate surface area is 147 Å². The lowest BCUT2D eigenvalue weighted by atomic mass is 9.93. The Morgan fingerprint density at radius 1 is 1.20 bits per heavy atom. The van der Waals surface area contributed by atoms with Crippen LogP contribution in [0.4, 0.5) is 0 Å². The highest BCUT2D eigenvalue weighted by Gasteiger charge is 2.46. The number of likely N-dealkylation sites (tertiary alicyclic amines) is 1. The summed E-state index contributed by atoms with van der Waals surface area (Å²) in [4.78, 5) is 26.1. The minimum absolute atomic E-state index is 0.129. The van der Waals surface area contributed by atoms with Crippen LogP contribution in [0.1, 0.15) is 38.2 Å². The highest BCUT2D eigenvalue weighted by molar-refractivity contribution is 5.92. The van der Waals surface area contributed by atoms with Crippen LogP contribution in [0.5, 0.6) is 5.75 Å². The number of carboxylic acids is 1. The van der Waals surface area contributed by atoms with Crippen molar-refractivity contribution in [3.05, 3.63) is 42.0 Å². The number of hydrogen-bond acceptors (Lipinski definition) is 3. The van der Waals surface area contributed by atoms with Gasteiger partial charge in [-0.2, -0.15) is 0 Å². The van der Waals surface area contributed by atoms with E-state index in [0.717, 1.165) is 28.5 Å². The first-order valence-corrected chi connectivity index (χ1v) is 8.49. The van der Waals surface area contributed by atoms with Crippen LogP contribution in [0, 0.1) is 0 Å². The Bertz CT molecular complexity index is 832. The SMILES string of the molecule is COc1ccc2cc(C(C)C(=O)N3CCCC3(C)C(=O)O)ccc2c1. The predicted octanol–water partition coefficient (Wildman–Crippen LogP) is 3.42. The van der Waals surface area contributed by atoms with Gasteiger partial charge in [-0.25, -0.2) is 4.79 Å². The van der Waals surface area contributed by atoms with Crippen LogP contribution >= 0.6 is 0 Å². The maximum absolute atomic E-state index is 12.9. The molecule has 2 atom stereocenters. The topological polar surface area (TPSA) is 66.8 Å². The molecule has 0 aromatic heterocycles. The molecule has 0 spiro atoms. The summed E-state index contributed by atoms with van der Waals surface area (Å²) in [6.07, 6.45) is 1.22. The normalized spacial score (nSPS) is 21.3. The summed E-state index contributed by atoms with van der Waals surface area (Å²) >= 11 is 0. The smallest absolute Gasteiger partial charge is 0.329 e. The summed E-state index contributed by atoms with van der Waals surface area (Å²) in [5.74, 6) is -0.659. The maximum atomic E-state index is 12.9. The van der Waals surface area contributed by atoms with Gasteiger partial charge < -0.3 is 14.7 Å². The largest absolute Gasteiger partial charge is 0.497 e. The van der Waals surface area contributed by atoms with Gasteiger partial charge in [-0.1, -0.05) is 24.3 Å². The number of carboxylic acid groups (broad SMARTS) is 1. The summed E-state index contributed by atoms with van der Waals surface area (Å²) in [6.45, 7) is 3.98. The quantitative estimate of drug-likeness (QED) is 0.925. The molecule has 25 heavy (non-hydrogen) atoms. The van der Waals surface area contributed by atoms with E-state index < -0.39 is 11.5 Å². The number of carbonyl (C=O) groups excluding carboxylic acids is 1. The molecule has 1 saturated heterocycles. The van der Waals surface area contributed by atoms with E-state index in [-0.39, 0.29) is 11.8 Å². The van der Waals surface area contributed by atoms with Gasteiger partial charge in [-0.3, -0.25) is 4.79 Å². The molecule has 1 amide bonds. The second-order valence-electron chi connectivity index (χ2n) is 6.87. The molecule has 0 aliphatic carbocycles. The second kappa shape index (κ2) is 6.39. The van der Waals surface area contributed by atoms with Gasteiger partial charge in [0, 0.05) is 6.54 Å². The summed E-state index contributed by atoms with van der Waals surface area (Å²) in [5.41, 5.74) is -0.211. The molecule has 2 unspecified atom stereocenters. The number of carbonyl (C=O) groups is 2. The monoisotopic (exact) mass is 341 g/mol. The Morgan fingerprint density at radius 3 is 2.56 bits per heavy atom. The van der Waals surface area contributed by atoms with E-state index in [9.17, 15) is 14.7 Å². The minimum Gasteiger partial charge on any atom is -0.497 e. The summed E-state index contributed by atoms with van der Waals surface area (Å²) in [6, 6.07) is 11.7. The van der Waals surface area contributed by atoms with E-state index in [2.05, 4.69) is 0 Å². The molecular weight excluding hydrogens is 318 g/mol. The molecule has 2 aromatic rings. The van der Waals surface area contributed by atoms with Gasteiger partial charge in [0.25, 0.3) is 0 Å². The number of aliphatic carboxylic acids is 1. The van der Waals surface area contributed by atoms with Gasteiger partial charge in [0.05, 0.1) is 13.0 Å². The van der Waals surface area contributed by atoms with Crippen molar-refractivity contribution in [1.82, 2.24) is 4.90 Å². The molecule has 2 aromatic carbocycles. The van der Waals surface area contributed by atoms with E-state index >= 15 is 0 Å². The summed E-state index contributed by atoms with van der Waals surface area (Å²) in [7, 11) is 1.63. The molecule has 132 valence electrons. The van der Waals surface area contributed by atoms with Crippen LogP contribution in [0.25, 0.3) is 10.8 Å². The fraction of sp³-hybridized carbons (Fsp3) is 0.400. The molecule has 1 fully saturated rings. The van der Waals surface area contributed by atoms with Gasteiger partial charge in [-0.15, -0.1) is 0 Å². The van der Waals surface area contributed by atoms with Crippen molar-refractivity contribution in [3.8, 4) is 5.75 Å². The zero-order valence-electron chi connectivity index (χ0n) is 14.8. The average molecular weight is 341 g/mol. The molecule has 1 aliphatic heterocycles. The van der Waals surface area contributed by atoms with E-state index in [1.807, 2.05) is 43.3 Å². The third-order valence-electron chi connectivity index (χ3n) is 5.31. The second-order valence-corrected chi connectivity index (χ2v) is 6.87. The van der Waals surface area contributed by atoms with Gasteiger partial charge in [0.2, 0.25) is 5.91 Å². The van der Waals surface area contributed by atoms with Gasteiger partial charge in [0.15, 0.2) is 0 Å². The van der Waals surface area contributed by atoms with Crippen LogP contribution in [0.2, 0.25) is 0 Å². The lowest BCUT2D eigenvalue weighted by Crippen LogP contribution is -2.51. The molecular formula is C20H23NO4. The van der Waals surface area contributed by atoms with E-state index in [4.69, 9.17) is 4.74 Å². The first-order chi connectivity index (χ1) is 11.9. The maximum Gasteiger partial charge on any atom is 0.329 e. The molecule has 1 N–H and O–H groups in total. The zero-order chi connectivity index (χ0) is 18.2. The third-order valence-corrected chi connectivity index (χ3v) is 5.31. The van der Waals surface area contributed by atoms with Crippen LogP contribution in [-0.4, -0.2) is 41.1 Å². The average Bonchev–Trinajstić information content (AvgIpc) is 3.02. The van der Waals surface area contributed by atoms with E-state index in [0.29, 0.717) is 13.0 Å². The van der Waals surface area contributed by atoms with Crippen molar-refractivity contribution in [2.75, 3.05) is 13.7 Å².